The molecule has 2 aromatic rings. The molecule has 0 amide bonds. The van der Waals surface area contributed by atoms with Crippen molar-refractivity contribution in [2.75, 3.05) is 6.54 Å². The maximum absolute atomic E-state index is 13.7. The minimum atomic E-state index is -0.281. The molecular formula is C12H13BrFN3S. The molecule has 2 rings (SSSR count). The summed E-state index contributed by atoms with van der Waals surface area (Å²) in [4.78, 5) is 0. The zero-order chi connectivity index (χ0) is 13.1. The molecule has 1 aromatic carbocycles. The first-order valence-corrected chi connectivity index (χ1v) is 7.25. The second kappa shape index (κ2) is 5.86. The lowest BCUT2D eigenvalue weighted by Crippen LogP contribution is -2.17. The van der Waals surface area contributed by atoms with Crippen LogP contribution in [0.25, 0.3) is 10.6 Å². The fourth-order valence-corrected chi connectivity index (χ4v) is 2.82. The van der Waals surface area contributed by atoms with Crippen molar-refractivity contribution in [3.05, 3.63) is 33.5 Å². The molecule has 0 saturated carbocycles. The average molecular weight is 330 g/mol. The summed E-state index contributed by atoms with van der Waals surface area (Å²) in [6.45, 7) is 4.92. The van der Waals surface area contributed by atoms with Crippen LogP contribution in [0.5, 0.6) is 0 Å². The third-order valence-electron chi connectivity index (χ3n) is 2.48. The van der Waals surface area contributed by atoms with Gasteiger partial charge in [-0.15, -0.1) is 10.2 Å². The molecule has 0 aliphatic heterocycles. The fraction of sp³-hybridized carbons (Fsp3) is 0.333. The molecule has 18 heavy (non-hydrogen) atoms. The van der Waals surface area contributed by atoms with E-state index in [-0.39, 0.29) is 11.9 Å². The molecule has 0 saturated heterocycles. The molecule has 1 aromatic heterocycles. The van der Waals surface area contributed by atoms with Crippen LogP contribution in [0.4, 0.5) is 4.39 Å². The first kappa shape index (κ1) is 13.6. The van der Waals surface area contributed by atoms with E-state index in [4.69, 9.17) is 0 Å². The Morgan fingerprint density at radius 2 is 2.22 bits per heavy atom. The lowest BCUT2D eigenvalue weighted by atomic mass is 10.2. The minimum Gasteiger partial charge on any atom is -0.308 e. The van der Waals surface area contributed by atoms with Gasteiger partial charge in [0.25, 0.3) is 0 Å². The Kier molecular flexibility index (Phi) is 4.42. The Labute approximate surface area is 118 Å². The molecule has 0 aliphatic carbocycles. The predicted molar refractivity (Wildman–Crippen MR) is 75.1 cm³/mol. The van der Waals surface area contributed by atoms with Gasteiger partial charge in [-0.05, 0) is 31.7 Å². The standard InChI is InChI=1S/C12H13BrFN3S/c1-3-15-7(2)11-16-17-12(18-11)9-6-8(13)4-5-10(9)14/h4-7,15H,3H2,1-2H3. The molecular weight excluding hydrogens is 317 g/mol. The normalized spacial score (nSPS) is 12.7. The molecule has 0 aliphatic rings. The Hall–Kier alpha value is -0.850. The molecule has 1 N–H and O–H groups in total. The summed E-state index contributed by atoms with van der Waals surface area (Å²) in [6.07, 6.45) is 0. The van der Waals surface area contributed by atoms with Crippen molar-refractivity contribution in [3.8, 4) is 10.6 Å². The maximum atomic E-state index is 13.7. The molecule has 0 radical (unpaired) electrons. The molecule has 0 spiro atoms. The number of aromatic nitrogens is 2. The predicted octanol–water partition coefficient (Wildman–Crippen LogP) is 3.78. The van der Waals surface area contributed by atoms with Crippen molar-refractivity contribution in [2.24, 2.45) is 0 Å². The first-order chi connectivity index (χ1) is 8.61. The number of hydrogen-bond acceptors (Lipinski definition) is 4. The quantitative estimate of drug-likeness (QED) is 0.927. The molecule has 3 nitrogen and oxygen atoms in total. The van der Waals surface area contributed by atoms with Gasteiger partial charge >= 0.3 is 0 Å². The lowest BCUT2D eigenvalue weighted by Gasteiger charge is -2.06. The SMILES string of the molecule is CCNC(C)c1nnc(-c2cc(Br)ccc2F)s1. The van der Waals surface area contributed by atoms with Crippen LogP contribution in [0.1, 0.15) is 24.9 Å². The number of rotatable bonds is 4. The molecule has 1 unspecified atom stereocenters. The van der Waals surface area contributed by atoms with Gasteiger partial charge in [-0.2, -0.15) is 0 Å². The van der Waals surface area contributed by atoms with E-state index in [0.29, 0.717) is 10.6 Å². The number of benzene rings is 1. The third-order valence-corrected chi connectivity index (χ3v) is 4.11. The number of nitrogens with one attached hydrogen (secondary N) is 1. The zero-order valence-corrected chi connectivity index (χ0v) is 12.5. The van der Waals surface area contributed by atoms with Crippen molar-refractivity contribution in [1.29, 1.82) is 0 Å². The van der Waals surface area contributed by atoms with Gasteiger partial charge in [-0.1, -0.05) is 34.2 Å². The van der Waals surface area contributed by atoms with Crippen molar-refractivity contribution in [3.63, 3.8) is 0 Å². The van der Waals surface area contributed by atoms with Crippen LogP contribution in [-0.2, 0) is 0 Å². The van der Waals surface area contributed by atoms with Crippen LogP contribution >= 0.6 is 27.3 Å². The van der Waals surface area contributed by atoms with Crippen molar-refractivity contribution in [1.82, 2.24) is 15.5 Å². The highest BCUT2D eigenvalue weighted by molar-refractivity contribution is 9.10. The Morgan fingerprint density at radius 3 is 2.94 bits per heavy atom. The van der Waals surface area contributed by atoms with Crippen molar-refractivity contribution in [2.45, 2.75) is 19.9 Å². The molecule has 1 heterocycles. The van der Waals surface area contributed by atoms with Gasteiger partial charge in [0, 0.05) is 10.0 Å². The van der Waals surface area contributed by atoms with Gasteiger partial charge in [0.2, 0.25) is 0 Å². The highest BCUT2D eigenvalue weighted by atomic mass is 79.9. The first-order valence-electron chi connectivity index (χ1n) is 5.64. The van der Waals surface area contributed by atoms with Crippen LogP contribution in [0.15, 0.2) is 22.7 Å². The largest absolute Gasteiger partial charge is 0.308 e. The van der Waals surface area contributed by atoms with E-state index in [0.717, 1.165) is 16.0 Å². The molecule has 1 atom stereocenters. The Bertz CT molecular complexity index is 544. The Balaban J connectivity index is 2.32. The number of hydrogen-bond donors (Lipinski definition) is 1. The monoisotopic (exact) mass is 329 g/mol. The van der Waals surface area contributed by atoms with E-state index in [9.17, 15) is 4.39 Å². The van der Waals surface area contributed by atoms with E-state index in [2.05, 4.69) is 31.4 Å². The van der Waals surface area contributed by atoms with Gasteiger partial charge in [0.05, 0.1) is 6.04 Å². The van der Waals surface area contributed by atoms with Gasteiger partial charge < -0.3 is 5.32 Å². The summed E-state index contributed by atoms with van der Waals surface area (Å²) in [5.74, 6) is -0.281. The van der Waals surface area contributed by atoms with Crippen LogP contribution in [0.3, 0.4) is 0 Å². The molecule has 96 valence electrons. The summed E-state index contributed by atoms with van der Waals surface area (Å²) < 4.78 is 14.5. The van der Waals surface area contributed by atoms with Gasteiger partial charge in [-0.25, -0.2) is 4.39 Å². The topological polar surface area (TPSA) is 37.8 Å². The van der Waals surface area contributed by atoms with Crippen molar-refractivity contribution >= 4 is 27.3 Å². The summed E-state index contributed by atoms with van der Waals surface area (Å²) in [6, 6.07) is 4.95. The number of halogens is 2. The minimum absolute atomic E-state index is 0.136. The van der Waals surface area contributed by atoms with E-state index in [1.807, 2.05) is 13.8 Å². The Morgan fingerprint density at radius 1 is 1.44 bits per heavy atom. The lowest BCUT2D eigenvalue weighted by molar-refractivity contribution is 0.590. The van der Waals surface area contributed by atoms with Gasteiger partial charge in [-0.3, -0.25) is 0 Å². The van der Waals surface area contributed by atoms with E-state index in [1.165, 1.54) is 17.4 Å². The average Bonchev–Trinajstić information content (AvgIpc) is 2.82. The highest BCUT2D eigenvalue weighted by Gasteiger charge is 2.14. The van der Waals surface area contributed by atoms with E-state index < -0.39 is 0 Å². The second-order valence-corrected chi connectivity index (χ2v) is 5.77. The number of nitrogens with zero attached hydrogens (tertiary/aromatic N) is 2. The van der Waals surface area contributed by atoms with Gasteiger partial charge in [0.1, 0.15) is 10.8 Å². The van der Waals surface area contributed by atoms with E-state index in [1.54, 1.807) is 12.1 Å². The summed E-state index contributed by atoms with van der Waals surface area (Å²) in [5.41, 5.74) is 0.483. The molecule has 0 fully saturated rings. The van der Waals surface area contributed by atoms with Gasteiger partial charge in [0.15, 0.2) is 5.01 Å². The van der Waals surface area contributed by atoms with Crippen LogP contribution in [0.2, 0.25) is 0 Å². The summed E-state index contributed by atoms with van der Waals surface area (Å²) >= 11 is 4.74. The summed E-state index contributed by atoms with van der Waals surface area (Å²) in [5, 5.41) is 12.9. The smallest absolute Gasteiger partial charge is 0.150 e. The highest BCUT2D eigenvalue weighted by Crippen LogP contribution is 2.30. The zero-order valence-electron chi connectivity index (χ0n) is 10.1. The summed E-state index contributed by atoms with van der Waals surface area (Å²) in [7, 11) is 0. The van der Waals surface area contributed by atoms with E-state index >= 15 is 0 Å². The molecule has 6 heteroatoms. The maximum Gasteiger partial charge on any atom is 0.150 e. The van der Waals surface area contributed by atoms with Crippen LogP contribution in [-0.4, -0.2) is 16.7 Å². The third kappa shape index (κ3) is 2.93. The van der Waals surface area contributed by atoms with Crippen molar-refractivity contribution < 1.29 is 4.39 Å². The fourth-order valence-electron chi connectivity index (χ4n) is 1.57. The van der Waals surface area contributed by atoms with Crippen LogP contribution in [0, 0.1) is 5.82 Å². The van der Waals surface area contributed by atoms with Crippen LogP contribution < -0.4 is 5.32 Å². The second-order valence-electron chi connectivity index (χ2n) is 3.85. The molecule has 0 bridgehead atoms.